The van der Waals surface area contributed by atoms with Crippen LogP contribution in [-0.4, -0.2) is 33.0 Å². The maximum Gasteiger partial charge on any atom is 0.0593 e. The molecular weight excluding hydrogens is 214 g/mol. The molecule has 2 fully saturated rings. The predicted molar refractivity (Wildman–Crippen MR) is 66.0 cm³/mol. The fourth-order valence-corrected chi connectivity index (χ4v) is 3.10. The summed E-state index contributed by atoms with van der Waals surface area (Å²) in [5.74, 6) is 0. The van der Waals surface area contributed by atoms with Crippen molar-refractivity contribution in [3.05, 3.63) is 35.4 Å². The molecule has 2 N–H and O–H groups in total. The maximum absolute atomic E-state index is 6.02. The molecule has 2 heterocycles. The largest absolute Gasteiger partial charge is 0.380 e. The molecule has 0 unspecified atom stereocenters. The van der Waals surface area contributed by atoms with Crippen LogP contribution in [0.2, 0.25) is 0 Å². The Bertz CT molecular complexity index is 416. The van der Waals surface area contributed by atoms with E-state index in [0.29, 0.717) is 6.54 Å². The Labute approximate surface area is 102 Å². The fourth-order valence-electron chi connectivity index (χ4n) is 3.10. The normalized spacial score (nSPS) is 24.8. The molecule has 3 rings (SSSR count). The van der Waals surface area contributed by atoms with Gasteiger partial charge in [-0.15, -0.1) is 0 Å². The van der Waals surface area contributed by atoms with Crippen LogP contribution in [-0.2, 0) is 14.9 Å². The van der Waals surface area contributed by atoms with Crippen molar-refractivity contribution < 1.29 is 9.47 Å². The van der Waals surface area contributed by atoms with Gasteiger partial charge in [-0.25, -0.2) is 0 Å². The van der Waals surface area contributed by atoms with Crippen LogP contribution in [0, 0.1) is 12.3 Å². The lowest BCUT2D eigenvalue weighted by Crippen LogP contribution is -2.69. The molecule has 1 aromatic carbocycles. The molecule has 0 radical (unpaired) electrons. The molecule has 3 heteroatoms. The van der Waals surface area contributed by atoms with Gasteiger partial charge >= 0.3 is 0 Å². The van der Waals surface area contributed by atoms with Gasteiger partial charge in [-0.05, 0) is 18.1 Å². The highest BCUT2D eigenvalue weighted by atomic mass is 16.5. The second-order valence-electron chi connectivity index (χ2n) is 5.37. The van der Waals surface area contributed by atoms with Gasteiger partial charge < -0.3 is 15.2 Å². The summed E-state index contributed by atoms with van der Waals surface area (Å²) in [6.45, 7) is 5.92. The lowest BCUT2D eigenvalue weighted by atomic mass is 9.56. The zero-order valence-corrected chi connectivity index (χ0v) is 10.2. The minimum Gasteiger partial charge on any atom is -0.380 e. The van der Waals surface area contributed by atoms with Gasteiger partial charge in [0.05, 0.1) is 31.8 Å². The van der Waals surface area contributed by atoms with E-state index in [1.54, 1.807) is 0 Å². The third-order valence-electron chi connectivity index (χ3n) is 4.52. The van der Waals surface area contributed by atoms with Gasteiger partial charge in [0.15, 0.2) is 0 Å². The molecule has 0 saturated carbocycles. The SMILES string of the molecule is Cc1ccccc1C1(C2(CN)COC2)COC1. The highest BCUT2D eigenvalue weighted by Crippen LogP contribution is 2.51. The summed E-state index contributed by atoms with van der Waals surface area (Å²) in [7, 11) is 0. The van der Waals surface area contributed by atoms with Crippen LogP contribution in [0.3, 0.4) is 0 Å². The first-order valence-electron chi connectivity index (χ1n) is 6.16. The smallest absolute Gasteiger partial charge is 0.0593 e. The van der Waals surface area contributed by atoms with E-state index in [-0.39, 0.29) is 10.8 Å². The first-order chi connectivity index (χ1) is 8.24. The van der Waals surface area contributed by atoms with Crippen molar-refractivity contribution in [1.82, 2.24) is 0 Å². The number of benzene rings is 1. The van der Waals surface area contributed by atoms with Crippen molar-refractivity contribution in [1.29, 1.82) is 0 Å². The van der Waals surface area contributed by atoms with Gasteiger partial charge in [0.1, 0.15) is 0 Å². The minimum atomic E-state index is 0.0747. The molecule has 17 heavy (non-hydrogen) atoms. The molecule has 2 saturated heterocycles. The molecule has 2 aliphatic rings. The third kappa shape index (κ3) is 1.33. The Morgan fingerprint density at radius 1 is 1.12 bits per heavy atom. The van der Waals surface area contributed by atoms with Crippen LogP contribution in [0.25, 0.3) is 0 Å². The van der Waals surface area contributed by atoms with Crippen LogP contribution in [0.1, 0.15) is 11.1 Å². The molecule has 1 aromatic rings. The first-order valence-corrected chi connectivity index (χ1v) is 6.16. The molecule has 0 spiro atoms. The zero-order chi connectivity index (χ0) is 11.9. The van der Waals surface area contributed by atoms with E-state index < -0.39 is 0 Å². The molecule has 0 amide bonds. The Kier molecular flexibility index (Phi) is 2.51. The Hall–Kier alpha value is -0.900. The van der Waals surface area contributed by atoms with Crippen LogP contribution >= 0.6 is 0 Å². The van der Waals surface area contributed by atoms with Crippen molar-refractivity contribution in [3.63, 3.8) is 0 Å². The second kappa shape index (κ2) is 3.80. The lowest BCUT2D eigenvalue weighted by Gasteiger charge is -2.59. The fraction of sp³-hybridized carbons (Fsp3) is 0.571. The number of ether oxygens (including phenoxy) is 2. The van der Waals surface area contributed by atoms with E-state index in [1.807, 2.05) is 0 Å². The maximum atomic E-state index is 6.02. The molecule has 0 atom stereocenters. The quantitative estimate of drug-likeness (QED) is 0.854. The van der Waals surface area contributed by atoms with Gasteiger partial charge in [0, 0.05) is 12.0 Å². The lowest BCUT2D eigenvalue weighted by molar-refractivity contribution is -0.224. The minimum absolute atomic E-state index is 0.0747. The van der Waals surface area contributed by atoms with Gasteiger partial charge in [-0.1, -0.05) is 24.3 Å². The van der Waals surface area contributed by atoms with Crippen LogP contribution in [0.5, 0.6) is 0 Å². The molecule has 92 valence electrons. The summed E-state index contributed by atoms with van der Waals surface area (Å²) in [5.41, 5.74) is 8.89. The van der Waals surface area contributed by atoms with E-state index in [0.717, 1.165) is 26.4 Å². The van der Waals surface area contributed by atoms with Crippen molar-refractivity contribution in [3.8, 4) is 0 Å². The van der Waals surface area contributed by atoms with Crippen molar-refractivity contribution in [2.45, 2.75) is 12.3 Å². The molecule has 0 aromatic heterocycles. The van der Waals surface area contributed by atoms with Gasteiger partial charge in [0.25, 0.3) is 0 Å². The number of rotatable bonds is 3. The third-order valence-corrected chi connectivity index (χ3v) is 4.52. The zero-order valence-electron chi connectivity index (χ0n) is 10.2. The van der Waals surface area contributed by atoms with E-state index in [4.69, 9.17) is 15.2 Å². The van der Waals surface area contributed by atoms with Gasteiger partial charge in [-0.2, -0.15) is 0 Å². The van der Waals surface area contributed by atoms with E-state index in [9.17, 15) is 0 Å². The van der Waals surface area contributed by atoms with Gasteiger partial charge in [0.2, 0.25) is 0 Å². The van der Waals surface area contributed by atoms with E-state index in [2.05, 4.69) is 31.2 Å². The second-order valence-corrected chi connectivity index (χ2v) is 5.37. The summed E-state index contributed by atoms with van der Waals surface area (Å²) in [5, 5.41) is 0. The molecular formula is C14H19NO2. The highest BCUT2D eigenvalue weighted by Gasteiger charge is 2.60. The Morgan fingerprint density at radius 2 is 1.76 bits per heavy atom. The topological polar surface area (TPSA) is 44.5 Å². The van der Waals surface area contributed by atoms with Crippen LogP contribution in [0.15, 0.2) is 24.3 Å². The first kappa shape index (κ1) is 11.2. The van der Waals surface area contributed by atoms with Crippen molar-refractivity contribution in [2.24, 2.45) is 11.1 Å². The van der Waals surface area contributed by atoms with E-state index in [1.165, 1.54) is 11.1 Å². The average molecular weight is 233 g/mol. The molecule has 2 aliphatic heterocycles. The van der Waals surface area contributed by atoms with E-state index >= 15 is 0 Å². The van der Waals surface area contributed by atoms with Crippen molar-refractivity contribution >= 4 is 0 Å². The average Bonchev–Trinajstić information content (AvgIpc) is 2.22. The number of nitrogens with two attached hydrogens (primary N) is 1. The summed E-state index contributed by atoms with van der Waals surface area (Å²) >= 11 is 0. The van der Waals surface area contributed by atoms with Crippen molar-refractivity contribution in [2.75, 3.05) is 33.0 Å². The number of aryl methyl sites for hydroxylation is 1. The predicted octanol–water partition coefficient (Wildman–Crippen LogP) is 1.24. The summed E-state index contributed by atoms with van der Waals surface area (Å²) < 4.78 is 11.0. The number of hydrogen-bond acceptors (Lipinski definition) is 3. The Balaban J connectivity index is 2.06. The highest BCUT2D eigenvalue weighted by molar-refractivity contribution is 5.39. The summed E-state index contributed by atoms with van der Waals surface area (Å²) in [4.78, 5) is 0. The summed E-state index contributed by atoms with van der Waals surface area (Å²) in [6, 6.07) is 8.57. The standard InChI is InChI=1S/C14H19NO2/c1-11-4-2-3-5-12(11)14(9-17-10-14)13(6-15)7-16-8-13/h2-5H,6-10,15H2,1H3. The molecule has 0 bridgehead atoms. The number of hydrogen-bond donors (Lipinski definition) is 1. The monoisotopic (exact) mass is 233 g/mol. The summed E-state index contributed by atoms with van der Waals surface area (Å²) in [6.07, 6.45) is 0. The Morgan fingerprint density at radius 3 is 2.18 bits per heavy atom. The molecule has 3 nitrogen and oxygen atoms in total. The molecule has 0 aliphatic carbocycles. The van der Waals surface area contributed by atoms with Gasteiger partial charge in [-0.3, -0.25) is 0 Å². The van der Waals surface area contributed by atoms with Crippen LogP contribution < -0.4 is 5.73 Å². The van der Waals surface area contributed by atoms with Crippen LogP contribution in [0.4, 0.5) is 0 Å².